The summed E-state index contributed by atoms with van der Waals surface area (Å²) in [7, 11) is -4.33. The van der Waals surface area contributed by atoms with Crippen LogP contribution in [0.1, 0.15) is 10.4 Å². The van der Waals surface area contributed by atoms with E-state index in [9.17, 15) is 27.7 Å². The van der Waals surface area contributed by atoms with Gasteiger partial charge in [0.25, 0.3) is 11.6 Å². The first kappa shape index (κ1) is 21.2. The highest BCUT2D eigenvalue weighted by Gasteiger charge is 2.20. The number of nitrogens with zero attached hydrogens (tertiary/aromatic N) is 1. The largest absolute Gasteiger partial charge is 0.379 e. The molecule has 154 valence electrons. The van der Waals surface area contributed by atoms with Gasteiger partial charge in [-0.3, -0.25) is 14.9 Å². The average molecular weight is 451 g/mol. The van der Waals surface area contributed by atoms with Crippen LogP contribution in [0.2, 0.25) is 5.02 Å². The van der Waals surface area contributed by atoms with E-state index in [0.717, 1.165) is 24.3 Å². The summed E-state index contributed by atoms with van der Waals surface area (Å²) in [5.41, 5.74) is -0.358. The molecule has 3 aromatic rings. The predicted molar refractivity (Wildman–Crippen MR) is 107 cm³/mol. The Balaban J connectivity index is 1.74. The third kappa shape index (κ3) is 4.91. The number of amides is 1. The van der Waals surface area contributed by atoms with Gasteiger partial charge < -0.3 is 9.50 Å². The van der Waals surface area contributed by atoms with Gasteiger partial charge in [0, 0.05) is 22.7 Å². The lowest BCUT2D eigenvalue weighted by molar-refractivity contribution is -0.385. The maximum absolute atomic E-state index is 13.8. The molecule has 0 spiro atoms. The zero-order chi connectivity index (χ0) is 21.9. The normalized spacial score (nSPS) is 11.0. The fourth-order valence-electron chi connectivity index (χ4n) is 2.37. The summed E-state index contributed by atoms with van der Waals surface area (Å²) in [6, 6.07) is 13.2. The number of hydrogen-bond acceptors (Lipinski definition) is 6. The van der Waals surface area contributed by atoms with Crippen LogP contribution < -0.4 is 9.50 Å². The van der Waals surface area contributed by atoms with E-state index in [4.69, 9.17) is 15.8 Å². The Morgan fingerprint density at radius 2 is 1.77 bits per heavy atom. The van der Waals surface area contributed by atoms with Crippen molar-refractivity contribution in [2.24, 2.45) is 0 Å². The Hall–Kier alpha value is -3.50. The van der Waals surface area contributed by atoms with Gasteiger partial charge in [-0.05, 0) is 48.5 Å². The van der Waals surface area contributed by atoms with E-state index in [0.29, 0.717) is 0 Å². The molecule has 0 saturated carbocycles. The summed E-state index contributed by atoms with van der Waals surface area (Å²) >= 11 is 5.66. The van der Waals surface area contributed by atoms with Gasteiger partial charge in [-0.1, -0.05) is 17.7 Å². The topological polar surface area (TPSA) is 116 Å². The van der Waals surface area contributed by atoms with Crippen molar-refractivity contribution >= 4 is 39.0 Å². The number of rotatable bonds is 6. The lowest BCUT2D eigenvalue weighted by atomic mass is 10.2. The number of nitro groups is 1. The molecule has 0 saturated heterocycles. The summed E-state index contributed by atoms with van der Waals surface area (Å²) in [6.45, 7) is 0. The second-order valence-electron chi connectivity index (χ2n) is 5.89. The molecule has 8 nitrogen and oxygen atoms in total. The van der Waals surface area contributed by atoms with Gasteiger partial charge in [-0.25, -0.2) is 4.39 Å². The molecule has 1 N–H and O–H groups in total. The van der Waals surface area contributed by atoms with Crippen molar-refractivity contribution in [1.29, 1.82) is 0 Å². The molecule has 0 aliphatic carbocycles. The monoisotopic (exact) mass is 450 g/mol. The molecule has 3 aromatic carbocycles. The first-order valence-corrected chi connectivity index (χ1v) is 10.00. The van der Waals surface area contributed by atoms with E-state index in [1.54, 1.807) is 0 Å². The standard InChI is InChI=1S/C19H12ClFN2O6S/c20-13-6-9-18(17(21)10-13)22-19(24)12-4-7-15(8-5-12)29-30(27,28)16-3-1-2-14(11-16)23(25)26/h1-11H,(H,22,24). The minimum atomic E-state index is -4.33. The highest BCUT2D eigenvalue weighted by molar-refractivity contribution is 7.87. The number of nitrogens with one attached hydrogen (secondary N) is 1. The second-order valence-corrected chi connectivity index (χ2v) is 7.88. The quantitative estimate of drug-likeness (QED) is 0.338. The molecule has 1 amide bonds. The van der Waals surface area contributed by atoms with Gasteiger partial charge in [0.15, 0.2) is 0 Å². The summed E-state index contributed by atoms with van der Waals surface area (Å²) in [5, 5.41) is 13.4. The van der Waals surface area contributed by atoms with E-state index >= 15 is 0 Å². The molecule has 0 atom stereocenters. The van der Waals surface area contributed by atoms with Crippen molar-refractivity contribution in [2.75, 3.05) is 5.32 Å². The van der Waals surface area contributed by atoms with Gasteiger partial charge in [-0.15, -0.1) is 0 Å². The lowest BCUT2D eigenvalue weighted by Crippen LogP contribution is -2.13. The van der Waals surface area contributed by atoms with Gasteiger partial charge in [0.2, 0.25) is 0 Å². The highest BCUT2D eigenvalue weighted by atomic mass is 35.5. The third-order valence-corrected chi connectivity index (χ3v) is 5.30. The van der Waals surface area contributed by atoms with Crippen LogP contribution in [-0.2, 0) is 10.1 Å². The van der Waals surface area contributed by atoms with Gasteiger partial charge in [0.05, 0.1) is 10.6 Å². The van der Waals surface area contributed by atoms with Crippen molar-refractivity contribution in [3.05, 3.63) is 93.2 Å². The zero-order valence-electron chi connectivity index (χ0n) is 14.9. The number of anilines is 1. The molecule has 3 rings (SSSR count). The molecule has 0 unspecified atom stereocenters. The smallest absolute Gasteiger partial charge is 0.339 e. The second kappa shape index (κ2) is 8.47. The molecule has 0 aliphatic rings. The number of carbonyl (C=O) groups excluding carboxylic acids is 1. The van der Waals surface area contributed by atoms with E-state index in [2.05, 4.69) is 5.32 Å². The van der Waals surface area contributed by atoms with Crippen LogP contribution in [0.4, 0.5) is 15.8 Å². The Morgan fingerprint density at radius 3 is 2.40 bits per heavy atom. The maximum atomic E-state index is 13.8. The van der Waals surface area contributed by atoms with Crippen LogP contribution in [0.25, 0.3) is 0 Å². The van der Waals surface area contributed by atoms with Crippen molar-refractivity contribution < 1.29 is 26.7 Å². The number of carbonyl (C=O) groups is 1. The first-order valence-electron chi connectivity index (χ1n) is 8.21. The Labute approximate surface area is 175 Å². The zero-order valence-corrected chi connectivity index (χ0v) is 16.5. The number of non-ortho nitro benzene ring substituents is 1. The molecular formula is C19H12ClFN2O6S. The molecule has 0 aromatic heterocycles. The minimum absolute atomic E-state index is 0.0713. The number of hydrogen-bond donors (Lipinski definition) is 1. The lowest BCUT2D eigenvalue weighted by Gasteiger charge is -2.09. The maximum Gasteiger partial charge on any atom is 0.339 e. The fourth-order valence-corrected chi connectivity index (χ4v) is 3.50. The Bertz CT molecular complexity index is 1230. The number of nitro benzene ring substituents is 1. The van der Waals surface area contributed by atoms with Gasteiger partial charge >= 0.3 is 10.1 Å². The predicted octanol–water partition coefficient (Wildman–Crippen LogP) is 4.41. The average Bonchev–Trinajstić information content (AvgIpc) is 2.70. The molecule has 11 heteroatoms. The van der Waals surface area contributed by atoms with E-state index in [-0.39, 0.29) is 22.0 Å². The van der Waals surface area contributed by atoms with Crippen molar-refractivity contribution in [3.8, 4) is 5.75 Å². The molecule has 0 bridgehead atoms. The van der Waals surface area contributed by atoms with Gasteiger partial charge in [-0.2, -0.15) is 8.42 Å². The van der Waals surface area contributed by atoms with Crippen LogP contribution >= 0.6 is 11.6 Å². The van der Waals surface area contributed by atoms with E-state index in [1.807, 2.05) is 0 Å². The SMILES string of the molecule is O=C(Nc1ccc(Cl)cc1F)c1ccc(OS(=O)(=O)c2cccc([N+](=O)[O-])c2)cc1. The first-order chi connectivity index (χ1) is 14.2. The van der Waals surface area contributed by atoms with Crippen molar-refractivity contribution in [2.45, 2.75) is 4.90 Å². The van der Waals surface area contributed by atoms with Crippen LogP contribution in [0.15, 0.2) is 71.6 Å². The summed E-state index contributed by atoms with van der Waals surface area (Å²) in [5.74, 6) is -1.46. The highest BCUT2D eigenvalue weighted by Crippen LogP contribution is 2.23. The minimum Gasteiger partial charge on any atom is -0.379 e. The van der Waals surface area contributed by atoms with Crippen molar-refractivity contribution in [3.63, 3.8) is 0 Å². The van der Waals surface area contributed by atoms with Crippen LogP contribution in [0.3, 0.4) is 0 Å². The van der Waals surface area contributed by atoms with Crippen LogP contribution in [-0.4, -0.2) is 19.2 Å². The number of benzene rings is 3. The summed E-state index contributed by atoms with van der Waals surface area (Å²) in [4.78, 5) is 21.9. The molecule has 30 heavy (non-hydrogen) atoms. The van der Waals surface area contributed by atoms with E-state index in [1.165, 1.54) is 42.5 Å². The fraction of sp³-hybridized carbons (Fsp3) is 0. The van der Waals surface area contributed by atoms with Crippen LogP contribution in [0.5, 0.6) is 5.75 Å². The third-order valence-electron chi connectivity index (χ3n) is 3.82. The summed E-state index contributed by atoms with van der Waals surface area (Å²) < 4.78 is 43.4. The molecular weight excluding hydrogens is 439 g/mol. The molecule has 0 aliphatic heterocycles. The van der Waals surface area contributed by atoms with Crippen LogP contribution in [0, 0.1) is 15.9 Å². The molecule has 0 heterocycles. The van der Waals surface area contributed by atoms with E-state index < -0.39 is 37.3 Å². The Morgan fingerprint density at radius 1 is 1.07 bits per heavy atom. The summed E-state index contributed by atoms with van der Waals surface area (Å²) in [6.07, 6.45) is 0. The Kier molecular flexibility index (Phi) is 5.99. The van der Waals surface area contributed by atoms with Crippen molar-refractivity contribution in [1.82, 2.24) is 0 Å². The van der Waals surface area contributed by atoms with Gasteiger partial charge in [0.1, 0.15) is 16.5 Å². The molecule has 0 fully saturated rings. The number of halogens is 2. The molecule has 0 radical (unpaired) electrons.